The number of imidazole rings is 1. The van der Waals surface area contributed by atoms with E-state index in [1.807, 2.05) is 6.20 Å². The lowest BCUT2D eigenvalue weighted by Gasteiger charge is -2.35. The third-order valence-electron chi connectivity index (χ3n) is 17.2. The van der Waals surface area contributed by atoms with Crippen molar-refractivity contribution in [3.8, 4) is 39.8 Å². The summed E-state index contributed by atoms with van der Waals surface area (Å²) in [6.07, 6.45) is 6.11. The molecule has 3 heterocycles. The zero-order valence-electron chi connectivity index (χ0n) is 50.9. The topological polar surface area (TPSA) is 35.9 Å². The molecule has 5 heteroatoms. The lowest BCUT2D eigenvalue weighted by molar-refractivity contribution is -0.611. The van der Waals surface area contributed by atoms with Gasteiger partial charge in [-0.25, -0.2) is 4.98 Å². The van der Waals surface area contributed by atoms with Crippen molar-refractivity contribution in [2.45, 2.75) is 136 Å². The fourth-order valence-corrected chi connectivity index (χ4v) is 12.1. The molecule has 8 aromatic carbocycles. The van der Waals surface area contributed by atoms with E-state index in [0.717, 1.165) is 56.5 Å². The van der Waals surface area contributed by atoms with E-state index in [2.05, 4.69) is 330 Å². The Balaban J connectivity index is 1.23. The highest BCUT2D eigenvalue weighted by Crippen LogP contribution is 2.47. The van der Waals surface area contributed by atoms with Gasteiger partial charge in [-0.05, 0) is 121 Å². The summed E-state index contributed by atoms with van der Waals surface area (Å²) in [5.41, 5.74) is 15.3. The molecule has 414 valence electrons. The Labute approximate surface area is 488 Å². The molecule has 11 rings (SSSR count). The van der Waals surface area contributed by atoms with Gasteiger partial charge in [0.2, 0.25) is 0 Å². The van der Waals surface area contributed by atoms with Gasteiger partial charge in [0.05, 0.1) is 33.8 Å². The number of benzene rings is 8. The number of hydrogen-bond acceptors (Lipinski definition) is 2. The first kappa shape index (κ1) is 55.6. The smallest absolute Gasteiger partial charge is 0.269 e. The third kappa shape index (κ3) is 10.3. The molecular formula is C77H80N4O. The van der Waals surface area contributed by atoms with Crippen LogP contribution in [0.2, 0.25) is 0 Å². The van der Waals surface area contributed by atoms with Crippen LogP contribution >= 0.6 is 0 Å². The van der Waals surface area contributed by atoms with Crippen LogP contribution in [0.15, 0.2) is 212 Å². The molecule has 0 saturated heterocycles. The first-order valence-electron chi connectivity index (χ1n) is 29.2. The molecule has 0 amide bonds. The van der Waals surface area contributed by atoms with Gasteiger partial charge in [0, 0.05) is 39.3 Å². The van der Waals surface area contributed by atoms with Crippen molar-refractivity contribution in [2.75, 3.05) is 0 Å². The SMILES string of the molecule is CC(C)(C)c1cc(-[n+]2[c-]n(-c3cc(Oc4cc(C(C)(C)c5ccccc5)c5c6ccccc6n(-c6cc(C(C)(C)C)ccn6)c5c4)cc(-c4ccccc4)c3)c(C(C)(C)c3ccccc3)c2C(C)(C)c2ccccc2)cc(C(C)(C)C)c1. The maximum absolute atomic E-state index is 7.55. The van der Waals surface area contributed by atoms with Gasteiger partial charge in [-0.1, -0.05) is 249 Å². The molecule has 0 saturated carbocycles. The second-order valence-electron chi connectivity index (χ2n) is 27.3. The van der Waals surface area contributed by atoms with E-state index in [4.69, 9.17) is 9.72 Å². The molecular weight excluding hydrogens is 997 g/mol. The van der Waals surface area contributed by atoms with Crippen LogP contribution in [-0.2, 0) is 32.5 Å². The average Bonchev–Trinajstić information content (AvgIpc) is 1.96. The van der Waals surface area contributed by atoms with Gasteiger partial charge in [0.15, 0.2) is 0 Å². The Morgan fingerprint density at radius 3 is 1.50 bits per heavy atom. The molecule has 3 aromatic heterocycles. The second kappa shape index (κ2) is 20.6. The summed E-state index contributed by atoms with van der Waals surface area (Å²) in [7, 11) is 0. The van der Waals surface area contributed by atoms with Crippen LogP contribution in [0.25, 0.3) is 50.1 Å². The Morgan fingerprint density at radius 1 is 0.415 bits per heavy atom. The van der Waals surface area contributed by atoms with Gasteiger partial charge >= 0.3 is 0 Å². The minimum Gasteiger partial charge on any atom is -0.458 e. The summed E-state index contributed by atoms with van der Waals surface area (Å²) in [5.74, 6) is 2.31. The van der Waals surface area contributed by atoms with Crippen LogP contribution in [0.3, 0.4) is 0 Å². The average molecular weight is 1080 g/mol. The highest BCUT2D eigenvalue weighted by Gasteiger charge is 2.41. The minimum atomic E-state index is -0.544. The summed E-state index contributed by atoms with van der Waals surface area (Å²) in [5, 5.41) is 2.35. The van der Waals surface area contributed by atoms with Gasteiger partial charge in [0.1, 0.15) is 17.3 Å². The van der Waals surface area contributed by atoms with E-state index in [-0.39, 0.29) is 16.2 Å². The fraction of sp³-hybridized carbons (Fsp3) is 0.273. The van der Waals surface area contributed by atoms with Crippen LogP contribution in [0, 0.1) is 6.33 Å². The molecule has 0 radical (unpaired) electrons. The Bertz CT molecular complexity index is 4090. The molecule has 11 aromatic rings. The van der Waals surface area contributed by atoms with E-state index in [1.165, 1.54) is 49.7 Å². The van der Waals surface area contributed by atoms with E-state index >= 15 is 0 Å². The Kier molecular flexibility index (Phi) is 14.0. The maximum atomic E-state index is 7.55. The molecule has 82 heavy (non-hydrogen) atoms. The van der Waals surface area contributed by atoms with Crippen molar-refractivity contribution < 1.29 is 9.30 Å². The number of fused-ring (bicyclic) bond motifs is 3. The van der Waals surface area contributed by atoms with E-state index in [1.54, 1.807) is 0 Å². The zero-order valence-corrected chi connectivity index (χ0v) is 50.9. The van der Waals surface area contributed by atoms with Crippen LogP contribution in [0.5, 0.6) is 11.5 Å². The van der Waals surface area contributed by atoms with Gasteiger partial charge in [-0.3, -0.25) is 13.7 Å². The monoisotopic (exact) mass is 1080 g/mol. The molecule has 0 N–H and O–H groups in total. The summed E-state index contributed by atoms with van der Waals surface area (Å²) in [6.45, 7) is 34.9. The lowest BCUT2D eigenvalue weighted by atomic mass is 9.73. The molecule has 0 unspecified atom stereocenters. The number of para-hydroxylation sites is 1. The van der Waals surface area contributed by atoms with Crippen LogP contribution in [0.4, 0.5) is 0 Å². The molecule has 0 aliphatic rings. The first-order valence-corrected chi connectivity index (χ1v) is 29.2. The number of pyridine rings is 1. The fourth-order valence-electron chi connectivity index (χ4n) is 12.1. The quantitative estimate of drug-likeness (QED) is 0.0903. The van der Waals surface area contributed by atoms with Crippen molar-refractivity contribution in [1.29, 1.82) is 0 Å². The highest BCUT2D eigenvalue weighted by atomic mass is 16.5. The van der Waals surface area contributed by atoms with Crippen LogP contribution in [0.1, 0.15) is 154 Å². The number of rotatable bonds is 12. The number of ether oxygens (including phenoxy) is 1. The third-order valence-corrected chi connectivity index (χ3v) is 17.2. The normalized spacial score (nSPS) is 12.8. The van der Waals surface area contributed by atoms with E-state index < -0.39 is 16.2 Å². The van der Waals surface area contributed by atoms with Gasteiger partial charge in [0.25, 0.3) is 6.33 Å². The molecule has 5 nitrogen and oxygen atoms in total. The van der Waals surface area contributed by atoms with Crippen molar-refractivity contribution >= 4 is 21.8 Å². The standard InChI is InChI=1S/C77H80N4O/c1-72(2,3)57-40-41-78-68(47-57)81-66-39-29-28-38-64(66)69-65(75(10,11)54-32-22-17-23-33-54)49-63(50-67(69)81)82-62-43-53(52-30-20-16-21-31-52)42-60(48-62)79-51-80(61-45-58(73(4,5)6)44-59(46-61)74(7,8)9)71(77(14,15)56-36-26-19-27-37-56)70(79)76(12,13)55-34-24-18-25-35-55/h16-50H,1-15H3. The van der Waals surface area contributed by atoms with Gasteiger partial charge in [-0.2, -0.15) is 0 Å². The van der Waals surface area contributed by atoms with Gasteiger partial charge in [-0.15, -0.1) is 0 Å². The van der Waals surface area contributed by atoms with Crippen LogP contribution < -0.4 is 9.30 Å². The van der Waals surface area contributed by atoms with Crippen molar-refractivity contribution in [2.24, 2.45) is 0 Å². The Hall–Kier alpha value is -8.28. The molecule has 0 bridgehead atoms. The van der Waals surface area contributed by atoms with Crippen molar-refractivity contribution in [1.82, 2.24) is 14.1 Å². The number of aromatic nitrogens is 4. The number of hydrogen-bond donors (Lipinski definition) is 0. The zero-order chi connectivity index (χ0) is 58.1. The summed E-state index contributed by atoms with van der Waals surface area (Å²) < 4.78 is 14.6. The maximum Gasteiger partial charge on any atom is 0.269 e. The van der Waals surface area contributed by atoms with Crippen molar-refractivity contribution in [3.05, 3.63) is 269 Å². The van der Waals surface area contributed by atoms with E-state index in [9.17, 15) is 0 Å². The molecule has 0 aliphatic heterocycles. The second-order valence-corrected chi connectivity index (χ2v) is 27.3. The molecule has 0 atom stereocenters. The van der Waals surface area contributed by atoms with E-state index in [0.29, 0.717) is 5.75 Å². The number of nitrogens with zero attached hydrogens (tertiary/aromatic N) is 4. The Morgan fingerprint density at radius 2 is 0.927 bits per heavy atom. The highest BCUT2D eigenvalue weighted by molar-refractivity contribution is 6.12. The van der Waals surface area contributed by atoms with Crippen molar-refractivity contribution in [3.63, 3.8) is 0 Å². The predicted molar refractivity (Wildman–Crippen MR) is 342 cm³/mol. The summed E-state index contributed by atoms with van der Waals surface area (Å²) in [6, 6.07) is 75.2. The summed E-state index contributed by atoms with van der Waals surface area (Å²) >= 11 is 0. The molecule has 0 fully saturated rings. The lowest BCUT2D eigenvalue weighted by Crippen LogP contribution is -2.43. The largest absolute Gasteiger partial charge is 0.458 e. The first-order chi connectivity index (χ1) is 38.8. The molecule has 0 spiro atoms. The predicted octanol–water partition coefficient (Wildman–Crippen LogP) is 19.4. The minimum absolute atomic E-state index is 0.0802. The van der Waals surface area contributed by atoms with Gasteiger partial charge < -0.3 is 4.74 Å². The molecule has 0 aliphatic carbocycles. The van der Waals surface area contributed by atoms with Crippen LogP contribution in [-0.4, -0.2) is 14.1 Å². The summed E-state index contributed by atoms with van der Waals surface area (Å²) in [4.78, 5) is 5.11.